The molecule has 0 spiro atoms. The summed E-state index contributed by atoms with van der Waals surface area (Å²) in [6.07, 6.45) is 0.925. The number of aromatic nitrogens is 1. The molecule has 1 aliphatic heterocycles. The van der Waals surface area contributed by atoms with Gasteiger partial charge >= 0.3 is 0 Å². The van der Waals surface area contributed by atoms with Crippen LogP contribution >= 0.6 is 15.9 Å². The quantitative estimate of drug-likeness (QED) is 0.928. The summed E-state index contributed by atoms with van der Waals surface area (Å²) in [5, 5.41) is 7.26. The second kappa shape index (κ2) is 5.85. The summed E-state index contributed by atoms with van der Waals surface area (Å²) in [4.78, 5) is 0. The van der Waals surface area contributed by atoms with E-state index in [0.717, 1.165) is 28.0 Å². The van der Waals surface area contributed by atoms with Crippen LogP contribution in [0.2, 0.25) is 0 Å². The van der Waals surface area contributed by atoms with E-state index in [0.29, 0.717) is 19.0 Å². The third kappa shape index (κ3) is 2.81. The molecule has 1 N–H and O–H groups in total. The Kier molecular flexibility index (Phi) is 3.93. The number of methoxy groups -OCH3 is 1. The third-order valence-electron chi connectivity index (χ3n) is 3.28. The monoisotopic (exact) mass is 338 g/mol. The second-order valence-corrected chi connectivity index (χ2v) is 5.50. The summed E-state index contributed by atoms with van der Waals surface area (Å²) >= 11 is 3.50. The van der Waals surface area contributed by atoms with Gasteiger partial charge in [0.1, 0.15) is 5.75 Å². The Morgan fingerprint density at radius 2 is 2.35 bits per heavy atom. The number of fused-ring (bicyclic) bond motifs is 1. The van der Waals surface area contributed by atoms with Crippen molar-refractivity contribution < 1.29 is 14.0 Å². The van der Waals surface area contributed by atoms with Crippen molar-refractivity contribution in [1.29, 1.82) is 0 Å². The molecule has 0 unspecified atom stereocenters. The van der Waals surface area contributed by atoms with Crippen molar-refractivity contribution in [2.24, 2.45) is 0 Å². The van der Waals surface area contributed by atoms with Gasteiger partial charge in [0.25, 0.3) is 5.88 Å². The first-order chi connectivity index (χ1) is 9.76. The lowest BCUT2D eigenvalue weighted by Crippen LogP contribution is -2.26. The first-order valence-corrected chi connectivity index (χ1v) is 7.21. The number of rotatable bonds is 4. The molecule has 106 valence electrons. The van der Waals surface area contributed by atoms with E-state index >= 15 is 0 Å². The average molecular weight is 339 g/mol. The maximum absolute atomic E-state index is 5.67. The molecule has 2 heterocycles. The van der Waals surface area contributed by atoms with Crippen LogP contribution < -0.4 is 14.8 Å². The highest BCUT2D eigenvalue weighted by Gasteiger charge is 2.21. The number of halogens is 1. The molecule has 5 nitrogen and oxygen atoms in total. The lowest BCUT2D eigenvalue weighted by Gasteiger charge is -2.26. The zero-order chi connectivity index (χ0) is 13.9. The van der Waals surface area contributed by atoms with Gasteiger partial charge in [-0.3, -0.25) is 0 Å². The summed E-state index contributed by atoms with van der Waals surface area (Å²) < 4.78 is 16.9. The van der Waals surface area contributed by atoms with Gasteiger partial charge in [-0.25, -0.2) is 0 Å². The maximum Gasteiger partial charge on any atom is 0.254 e. The minimum absolute atomic E-state index is 0.243. The van der Waals surface area contributed by atoms with Gasteiger partial charge < -0.3 is 19.3 Å². The summed E-state index contributed by atoms with van der Waals surface area (Å²) in [6.45, 7) is 1.32. The Balaban J connectivity index is 1.71. The highest BCUT2D eigenvalue weighted by molar-refractivity contribution is 9.10. The SMILES string of the molecule is COc1cc(CN[C@H]2CCOc3ccc(Br)cc32)on1. The zero-order valence-electron chi connectivity index (χ0n) is 11.1. The van der Waals surface area contributed by atoms with Crippen molar-refractivity contribution in [2.45, 2.75) is 19.0 Å². The van der Waals surface area contributed by atoms with Crippen molar-refractivity contribution in [1.82, 2.24) is 10.5 Å². The van der Waals surface area contributed by atoms with Crippen LogP contribution in [0.1, 0.15) is 23.8 Å². The molecule has 20 heavy (non-hydrogen) atoms. The summed E-state index contributed by atoms with van der Waals surface area (Å²) in [5.74, 6) is 2.19. The lowest BCUT2D eigenvalue weighted by molar-refractivity contribution is 0.247. The van der Waals surface area contributed by atoms with Crippen LogP contribution in [0, 0.1) is 0 Å². The molecule has 0 saturated heterocycles. The van der Waals surface area contributed by atoms with Crippen LogP contribution in [-0.4, -0.2) is 18.9 Å². The molecule has 0 radical (unpaired) electrons. The molecule has 3 rings (SSSR count). The Morgan fingerprint density at radius 3 is 3.15 bits per heavy atom. The van der Waals surface area contributed by atoms with Gasteiger partial charge in [0.15, 0.2) is 5.76 Å². The van der Waals surface area contributed by atoms with Crippen molar-refractivity contribution in [3.8, 4) is 11.6 Å². The van der Waals surface area contributed by atoms with Gasteiger partial charge in [0.2, 0.25) is 0 Å². The zero-order valence-corrected chi connectivity index (χ0v) is 12.6. The second-order valence-electron chi connectivity index (χ2n) is 4.59. The molecular formula is C14H15BrN2O3. The number of nitrogens with zero attached hydrogens (tertiary/aromatic N) is 1. The van der Waals surface area contributed by atoms with Gasteiger partial charge in [0.05, 0.1) is 20.3 Å². The smallest absolute Gasteiger partial charge is 0.254 e. The number of nitrogens with one attached hydrogen (secondary N) is 1. The van der Waals surface area contributed by atoms with E-state index in [1.54, 1.807) is 13.2 Å². The van der Waals surface area contributed by atoms with Crippen LogP contribution in [0.3, 0.4) is 0 Å². The molecule has 0 fully saturated rings. The van der Waals surface area contributed by atoms with Gasteiger partial charge in [-0.2, -0.15) is 0 Å². The highest BCUT2D eigenvalue weighted by atomic mass is 79.9. The fraction of sp³-hybridized carbons (Fsp3) is 0.357. The molecular weight excluding hydrogens is 324 g/mol. The van der Waals surface area contributed by atoms with Crippen molar-refractivity contribution in [3.05, 3.63) is 40.1 Å². The van der Waals surface area contributed by atoms with E-state index < -0.39 is 0 Å². The molecule has 0 saturated carbocycles. The van der Waals surface area contributed by atoms with Gasteiger partial charge in [0, 0.05) is 28.6 Å². The summed E-state index contributed by atoms with van der Waals surface area (Å²) in [6, 6.07) is 8.10. The number of ether oxygens (including phenoxy) is 2. The van der Waals surface area contributed by atoms with Crippen LogP contribution in [0.25, 0.3) is 0 Å². The van der Waals surface area contributed by atoms with Gasteiger partial charge in [-0.15, -0.1) is 0 Å². The molecule has 1 aromatic heterocycles. The normalized spacial score (nSPS) is 17.4. The van der Waals surface area contributed by atoms with Crippen molar-refractivity contribution in [2.75, 3.05) is 13.7 Å². The number of hydrogen-bond donors (Lipinski definition) is 1. The molecule has 0 aliphatic carbocycles. The van der Waals surface area contributed by atoms with Crippen LogP contribution in [0.4, 0.5) is 0 Å². The average Bonchev–Trinajstić information content (AvgIpc) is 2.93. The van der Waals surface area contributed by atoms with Crippen LogP contribution in [0.15, 0.2) is 33.3 Å². The molecule has 1 atom stereocenters. The van der Waals surface area contributed by atoms with Crippen LogP contribution in [0.5, 0.6) is 11.6 Å². The van der Waals surface area contributed by atoms with E-state index in [1.165, 1.54) is 0 Å². The fourth-order valence-electron chi connectivity index (χ4n) is 2.27. The standard InChI is InChI=1S/C14H15BrN2O3/c1-18-14-7-10(20-17-14)8-16-12-4-5-19-13-3-2-9(15)6-11(12)13/h2-3,6-7,12,16H,4-5,8H2,1H3/t12-/m0/s1. The van der Waals surface area contributed by atoms with E-state index in [-0.39, 0.29) is 6.04 Å². The Hall–Kier alpha value is -1.53. The third-order valence-corrected chi connectivity index (χ3v) is 3.77. The molecule has 1 aromatic carbocycles. The van der Waals surface area contributed by atoms with Gasteiger partial charge in [-0.05, 0) is 23.4 Å². The molecule has 2 aromatic rings. The first-order valence-electron chi connectivity index (χ1n) is 6.41. The van der Waals surface area contributed by atoms with Crippen molar-refractivity contribution >= 4 is 15.9 Å². The van der Waals surface area contributed by atoms with E-state index in [2.05, 4.69) is 32.5 Å². The minimum atomic E-state index is 0.243. The molecule has 1 aliphatic rings. The first kappa shape index (κ1) is 13.5. The number of benzene rings is 1. The largest absolute Gasteiger partial charge is 0.493 e. The highest BCUT2D eigenvalue weighted by Crippen LogP contribution is 2.34. The van der Waals surface area contributed by atoms with E-state index in [4.69, 9.17) is 14.0 Å². The van der Waals surface area contributed by atoms with E-state index in [1.807, 2.05) is 12.1 Å². The minimum Gasteiger partial charge on any atom is -0.493 e. The van der Waals surface area contributed by atoms with E-state index in [9.17, 15) is 0 Å². The molecule has 6 heteroatoms. The predicted molar refractivity (Wildman–Crippen MR) is 76.9 cm³/mol. The topological polar surface area (TPSA) is 56.5 Å². The Morgan fingerprint density at radius 1 is 1.45 bits per heavy atom. The maximum atomic E-state index is 5.67. The predicted octanol–water partition coefficient (Wildman–Crippen LogP) is 3.06. The summed E-state index contributed by atoms with van der Waals surface area (Å²) in [5.41, 5.74) is 1.16. The fourth-order valence-corrected chi connectivity index (χ4v) is 2.65. The lowest BCUT2D eigenvalue weighted by atomic mass is 10.0. The van der Waals surface area contributed by atoms with Crippen molar-refractivity contribution in [3.63, 3.8) is 0 Å². The molecule has 0 bridgehead atoms. The van der Waals surface area contributed by atoms with Gasteiger partial charge in [-0.1, -0.05) is 15.9 Å². The Bertz CT molecular complexity index is 600. The Labute approximate surface area is 125 Å². The molecule has 0 amide bonds. The van der Waals surface area contributed by atoms with Crippen LogP contribution in [-0.2, 0) is 6.54 Å². The number of hydrogen-bond acceptors (Lipinski definition) is 5. The summed E-state index contributed by atoms with van der Waals surface area (Å²) in [7, 11) is 1.57.